The zero-order chi connectivity index (χ0) is 20.3. The third kappa shape index (κ3) is 4.72. The molecule has 0 aliphatic carbocycles. The highest BCUT2D eigenvalue weighted by molar-refractivity contribution is 7.89. The Morgan fingerprint density at radius 2 is 1.86 bits per heavy atom. The number of hydrogen-bond acceptors (Lipinski definition) is 4. The Kier molecular flexibility index (Phi) is 6.05. The molecule has 1 atom stereocenters. The number of sulfonamides is 1. The minimum absolute atomic E-state index is 0.0821. The molecule has 1 fully saturated rings. The van der Waals surface area contributed by atoms with Crippen molar-refractivity contribution in [1.82, 2.24) is 4.72 Å². The molecule has 0 aromatic heterocycles. The van der Waals surface area contributed by atoms with E-state index < -0.39 is 16.1 Å². The maximum Gasteiger partial charge on any atom is 0.240 e. The summed E-state index contributed by atoms with van der Waals surface area (Å²) in [5, 5.41) is 0. The lowest BCUT2D eigenvalue weighted by Crippen LogP contribution is -2.36. The van der Waals surface area contributed by atoms with Gasteiger partial charge >= 0.3 is 0 Å². The minimum Gasteiger partial charge on any atom is -0.492 e. The molecule has 2 aromatic carbocycles. The Bertz CT molecular complexity index is 955. The quantitative estimate of drug-likeness (QED) is 0.772. The van der Waals surface area contributed by atoms with Gasteiger partial charge < -0.3 is 9.64 Å². The van der Waals surface area contributed by atoms with Crippen LogP contribution in [0.25, 0.3) is 0 Å². The van der Waals surface area contributed by atoms with Crippen LogP contribution in [0.4, 0.5) is 5.69 Å². The maximum absolute atomic E-state index is 12.7. The van der Waals surface area contributed by atoms with Gasteiger partial charge in [-0.1, -0.05) is 17.7 Å². The fourth-order valence-electron chi connectivity index (χ4n) is 3.22. The molecule has 28 heavy (non-hydrogen) atoms. The predicted molar refractivity (Wildman–Crippen MR) is 109 cm³/mol. The molecule has 150 valence electrons. The van der Waals surface area contributed by atoms with Gasteiger partial charge in [-0.15, -0.1) is 0 Å². The second-order valence-corrected chi connectivity index (χ2v) is 8.96. The van der Waals surface area contributed by atoms with E-state index in [9.17, 15) is 13.2 Å². The lowest BCUT2D eigenvalue weighted by atomic mass is 10.2. The van der Waals surface area contributed by atoms with E-state index in [1.54, 1.807) is 30.0 Å². The van der Waals surface area contributed by atoms with E-state index in [4.69, 9.17) is 4.74 Å². The average Bonchev–Trinajstić information content (AvgIpc) is 3.06. The van der Waals surface area contributed by atoms with E-state index in [1.807, 2.05) is 38.1 Å². The minimum atomic E-state index is -3.68. The maximum atomic E-state index is 12.7. The van der Waals surface area contributed by atoms with Gasteiger partial charge in [0.1, 0.15) is 12.4 Å². The number of carbonyl (C=O) groups excluding carboxylic acids is 1. The molecule has 1 aliphatic heterocycles. The number of aryl methyl sites for hydroxylation is 2. The van der Waals surface area contributed by atoms with Gasteiger partial charge in [0.25, 0.3) is 0 Å². The molecule has 0 bridgehead atoms. The van der Waals surface area contributed by atoms with Crippen molar-refractivity contribution in [2.24, 2.45) is 0 Å². The summed E-state index contributed by atoms with van der Waals surface area (Å²) in [6, 6.07) is 12.1. The summed E-state index contributed by atoms with van der Waals surface area (Å²) < 4.78 is 33.7. The molecular weight excluding hydrogens is 376 g/mol. The molecular formula is C21H26N2O4S. The average molecular weight is 403 g/mol. The van der Waals surface area contributed by atoms with Crippen LogP contribution in [0.1, 0.15) is 30.9 Å². The van der Waals surface area contributed by atoms with Gasteiger partial charge in [0, 0.05) is 18.7 Å². The highest BCUT2D eigenvalue weighted by atomic mass is 32.2. The lowest BCUT2D eigenvalue weighted by Gasteiger charge is -2.20. The highest BCUT2D eigenvalue weighted by Gasteiger charge is 2.25. The van der Waals surface area contributed by atoms with Gasteiger partial charge in [-0.25, -0.2) is 13.1 Å². The molecule has 2 aromatic rings. The van der Waals surface area contributed by atoms with Crippen LogP contribution < -0.4 is 14.4 Å². The first-order chi connectivity index (χ1) is 13.3. The van der Waals surface area contributed by atoms with Crippen molar-refractivity contribution < 1.29 is 17.9 Å². The Labute approximate surface area is 166 Å². The van der Waals surface area contributed by atoms with Crippen LogP contribution in [0.2, 0.25) is 0 Å². The van der Waals surface area contributed by atoms with Crippen molar-refractivity contribution >= 4 is 21.6 Å². The molecule has 0 unspecified atom stereocenters. The molecule has 0 spiro atoms. The van der Waals surface area contributed by atoms with Crippen molar-refractivity contribution in [1.29, 1.82) is 0 Å². The number of benzene rings is 2. The summed E-state index contributed by atoms with van der Waals surface area (Å²) in [5.41, 5.74) is 2.68. The smallest absolute Gasteiger partial charge is 0.240 e. The summed E-state index contributed by atoms with van der Waals surface area (Å²) in [6.07, 6.45) is 1.37. The van der Waals surface area contributed by atoms with Crippen LogP contribution >= 0.6 is 0 Å². The van der Waals surface area contributed by atoms with Gasteiger partial charge in [0.05, 0.1) is 10.9 Å². The van der Waals surface area contributed by atoms with E-state index >= 15 is 0 Å². The second-order valence-electron chi connectivity index (χ2n) is 7.24. The van der Waals surface area contributed by atoms with Crippen LogP contribution in [0.3, 0.4) is 0 Å². The summed E-state index contributed by atoms with van der Waals surface area (Å²) in [6.45, 7) is 6.48. The fraction of sp³-hybridized carbons (Fsp3) is 0.381. The summed E-state index contributed by atoms with van der Waals surface area (Å²) in [5.74, 6) is 0.783. The molecule has 1 aliphatic rings. The molecule has 1 heterocycles. The van der Waals surface area contributed by atoms with Crippen LogP contribution in [0, 0.1) is 13.8 Å². The lowest BCUT2D eigenvalue weighted by molar-refractivity contribution is -0.117. The first-order valence-electron chi connectivity index (χ1n) is 9.39. The van der Waals surface area contributed by atoms with E-state index in [0.29, 0.717) is 18.7 Å². The number of nitrogens with one attached hydrogen (secondary N) is 1. The van der Waals surface area contributed by atoms with Crippen molar-refractivity contribution in [3.05, 3.63) is 53.6 Å². The molecule has 1 N–H and O–H groups in total. The zero-order valence-electron chi connectivity index (χ0n) is 16.4. The normalized spacial score (nSPS) is 15.7. The van der Waals surface area contributed by atoms with E-state index in [-0.39, 0.29) is 17.4 Å². The number of nitrogens with zero attached hydrogens (tertiary/aromatic N) is 1. The highest BCUT2D eigenvalue weighted by Crippen LogP contribution is 2.27. The molecule has 0 radical (unpaired) electrons. The van der Waals surface area contributed by atoms with Crippen LogP contribution in [-0.2, 0) is 14.8 Å². The number of anilines is 1. The van der Waals surface area contributed by atoms with Crippen LogP contribution in [-0.4, -0.2) is 33.5 Å². The van der Waals surface area contributed by atoms with Gasteiger partial charge in [-0.3, -0.25) is 4.79 Å². The summed E-state index contributed by atoms with van der Waals surface area (Å²) >= 11 is 0. The van der Waals surface area contributed by atoms with Crippen molar-refractivity contribution in [2.75, 3.05) is 18.1 Å². The second kappa shape index (κ2) is 8.32. The fourth-order valence-corrected chi connectivity index (χ4v) is 4.54. The van der Waals surface area contributed by atoms with Crippen molar-refractivity contribution in [3.63, 3.8) is 0 Å². The van der Waals surface area contributed by atoms with Gasteiger partial charge in [0.15, 0.2) is 0 Å². The van der Waals surface area contributed by atoms with Crippen LogP contribution in [0.5, 0.6) is 5.75 Å². The Morgan fingerprint density at radius 1 is 1.14 bits per heavy atom. The standard InChI is InChI=1S/C21H26N2O4S/c1-15-6-8-18(9-7-15)27-14-17(3)22-28(25,26)19-10-11-20(16(2)13-19)23-12-4-5-21(23)24/h6-11,13,17,22H,4-5,12,14H2,1-3H3/t17-/m1/s1. The molecule has 1 amide bonds. The largest absolute Gasteiger partial charge is 0.492 e. The number of rotatable bonds is 7. The number of amides is 1. The predicted octanol–water partition coefficient (Wildman–Crippen LogP) is 3.18. The monoisotopic (exact) mass is 402 g/mol. The third-order valence-electron chi connectivity index (χ3n) is 4.72. The Hall–Kier alpha value is -2.38. The topological polar surface area (TPSA) is 75.7 Å². The van der Waals surface area contributed by atoms with Crippen molar-refractivity contribution in [3.8, 4) is 5.75 Å². The number of ether oxygens (including phenoxy) is 1. The zero-order valence-corrected chi connectivity index (χ0v) is 17.3. The Balaban J connectivity index is 1.65. The molecule has 3 rings (SSSR count). The number of hydrogen-bond donors (Lipinski definition) is 1. The third-order valence-corrected chi connectivity index (χ3v) is 6.31. The van der Waals surface area contributed by atoms with Gasteiger partial charge in [-0.2, -0.15) is 0 Å². The SMILES string of the molecule is Cc1ccc(OC[C@@H](C)NS(=O)(=O)c2ccc(N3CCCC3=O)c(C)c2)cc1. The first-order valence-corrected chi connectivity index (χ1v) is 10.9. The van der Waals surface area contributed by atoms with E-state index in [2.05, 4.69) is 4.72 Å². The molecule has 1 saturated heterocycles. The van der Waals surface area contributed by atoms with Gasteiger partial charge in [-0.05, 0) is 63.1 Å². The first kappa shape index (κ1) is 20.4. The van der Waals surface area contributed by atoms with E-state index in [0.717, 1.165) is 23.2 Å². The molecule has 7 heteroatoms. The van der Waals surface area contributed by atoms with Crippen molar-refractivity contribution in [2.45, 2.75) is 44.6 Å². The summed E-state index contributed by atoms with van der Waals surface area (Å²) in [7, 11) is -3.68. The molecule has 0 saturated carbocycles. The van der Waals surface area contributed by atoms with E-state index in [1.165, 1.54) is 0 Å². The van der Waals surface area contributed by atoms with Gasteiger partial charge in [0.2, 0.25) is 15.9 Å². The molecule has 6 nitrogen and oxygen atoms in total. The van der Waals surface area contributed by atoms with Crippen LogP contribution in [0.15, 0.2) is 47.4 Å². The Morgan fingerprint density at radius 3 is 2.46 bits per heavy atom. The summed E-state index contributed by atoms with van der Waals surface area (Å²) in [4.78, 5) is 13.8. The number of carbonyl (C=O) groups is 1.